The van der Waals surface area contributed by atoms with Crippen molar-refractivity contribution in [3.63, 3.8) is 0 Å². The van der Waals surface area contributed by atoms with Crippen LogP contribution >= 0.6 is 72.7 Å². The molecule has 1 aliphatic heterocycles. The number of nitrogens with one attached hydrogen (secondary N) is 1. The molecule has 6 nitrogen and oxygen atoms in total. The average Bonchev–Trinajstić information content (AvgIpc) is 3.01. The summed E-state index contributed by atoms with van der Waals surface area (Å²) in [5.74, 6) is 2.84. The smallest absolute Gasteiger partial charge is 0.220 e. The molecule has 2 aromatic carbocycles. The minimum atomic E-state index is -0.328. The van der Waals surface area contributed by atoms with E-state index in [0.717, 1.165) is 41.7 Å². The Kier molecular flexibility index (Phi) is 15.3. The summed E-state index contributed by atoms with van der Waals surface area (Å²) in [4.78, 5) is 15.4. The summed E-state index contributed by atoms with van der Waals surface area (Å²) in [7, 11) is 9.45. The van der Waals surface area contributed by atoms with E-state index in [4.69, 9.17) is 28.7 Å². The summed E-state index contributed by atoms with van der Waals surface area (Å²) >= 11 is 6.72. The largest absolute Gasteiger partial charge is 0.355 e. The van der Waals surface area contributed by atoms with Gasteiger partial charge in [0.05, 0.1) is 21.8 Å². The van der Waals surface area contributed by atoms with Crippen LogP contribution in [0.5, 0.6) is 0 Å². The van der Waals surface area contributed by atoms with Gasteiger partial charge in [0.25, 0.3) is 0 Å². The number of terminal acetylenes is 1. The average molecular weight is 810 g/mol. The maximum absolute atomic E-state index is 12.3. The van der Waals surface area contributed by atoms with Crippen molar-refractivity contribution in [2.24, 2.45) is 0 Å². The van der Waals surface area contributed by atoms with Crippen LogP contribution in [0.4, 0.5) is 0 Å². The van der Waals surface area contributed by atoms with E-state index in [-0.39, 0.29) is 35.2 Å². The highest BCUT2D eigenvalue weighted by Crippen LogP contribution is 2.41. The number of nitrogens with zero attached hydrogens (tertiary/aromatic N) is 1. The zero-order valence-corrected chi connectivity index (χ0v) is 30.5. The second-order valence-corrected chi connectivity index (χ2v) is 13.8. The molecule has 0 aliphatic carbocycles. The van der Waals surface area contributed by atoms with Crippen molar-refractivity contribution in [2.45, 2.75) is 80.1 Å². The number of benzene rings is 2. The van der Waals surface area contributed by atoms with Crippen LogP contribution < -0.4 is 5.32 Å². The van der Waals surface area contributed by atoms with Crippen LogP contribution in [0, 0.1) is 12.3 Å². The van der Waals surface area contributed by atoms with Crippen molar-refractivity contribution in [2.75, 3.05) is 26.4 Å². The summed E-state index contributed by atoms with van der Waals surface area (Å²) in [6, 6.07) is 14.9. The lowest BCUT2D eigenvalue weighted by Gasteiger charge is -2.38. The highest BCUT2D eigenvalue weighted by Gasteiger charge is 2.40. The van der Waals surface area contributed by atoms with E-state index in [9.17, 15) is 4.79 Å². The van der Waals surface area contributed by atoms with Crippen molar-refractivity contribution in [3.05, 3.63) is 64.7 Å². The Morgan fingerprint density at radius 3 is 2.60 bits per heavy atom. The van der Waals surface area contributed by atoms with Crippen molar-refractivity contribution in [1.82, 2.24) is 10.2 Å². The van der Waals surface area contributed by atoms with E-state index in [1.54, 1.807) is 11.8 Å². The maximum Gasteiger partial charge on any atom is 0.220 e. The molecule has 1 heterocycles. The van der Waals surface area contributed by atoms with E-state index in [0.29, 0.717) is 19.5 Å². The number of aryl methyl sites for hydroxylation is 1. The molecule has 230 valence electrons. The van der Waals surface area contributed by atoms with Crippen LogP contribution in [0.3, 0.4) is 0 Å². The van der Waals surface area contributed by atoms with Gasteiger partial charge in [-0.2, -0.15) is 0 Å². The van der Waals surface area contributed by atoms with Crippen molar-refractivity contribution >= 4 is 78.6 Å². The second kappa shape index (κ2) is 17.9. The van der Waals surface area contributed by atoms with Crippen LogP contribution in [0.1, 0.15) is 61.5 Å². The van der Waals surface area contributed by atoms with E-state index in [1.807, 2.05) is 50.2 Å². The number of likely N-dealkylation sites (N-methyl/N-ethyl adjacent to an activating group) is 1. The normalized spacial score (nSPS) is 20.8. The van der Waals surface area contributed by atoms with Gasteiger partial charge in [-0.3, -0.25) is 9.69 Å². The molecule has 0 unspecified atom stereocenters. The molecule has 0 radical (unpaired) electrons. The van der Waals surface area contributed by atoms with Gasteiger partial charge in [0, 0.05) is 30.8 Å². The van der Waals surface area contributed by atoms with Gasteiger partial charge in [-0.1, -0.05) is 42.3 Å². The van der Waals surface area contributed by atoms with E-state index >= 15 is 0 Å². The number of hydrogen-bond acceptors (Lipinski definition) is 7. The fourth-order valence-corrected chi connectivity index (χ4v) is 7.24. The molecular weight excluding hydrogens is 771 g/mol. The van der Waals surface area contributed by atoms with Crippen LogP contribution in [-0.2, 0) is 29.3 Å². The zero-order chi connectivity index (χ0) is 30.7. The SMILES string of the molecule is C#CC(C)(C)N(C)CCNC(=O)CCCc1ccc(Cc2cc([C@@H]3O[C@H](SC)[C@@H](OBr)C[C@H]3OI)ccc2SCl)cc1. The topological polar surface area (TPSA) is 60.0 Å². The molecule has 0 aromatic heterocycles. The number of amides is 1. The number of thioether (sulfide) groups is 1. The Morgan fingerprint density at radius 2 is 1.98 bits per heavy atom. The Hall–Kier alpha value is -0.490. The fraction of sp³-hybridized carbons (Fsp3) is 0.516. The van der Waals surface area contributed by atoms with E-state index in [1.165, 1.54) is 22.1 Å². The molecule has 42 heavy (non-hydrogen) atoms. The molecule has 4 atom stereocenters. The lowest BCUT2D eigenvalue weighted by Crippen LogP contribution is -2.44. The lowest BCUT2D eigenvalue weighted by molar-refractivity contribution is -0.121. The molecule has 1 aliphatic rings. The molecule has 0 saturated carbocycles. The second-order valence-electron chi connectivity index (χ2n) is 10.9. The number of hydrogen-bond donors (Lipinski definition) is 1. The predicted octanol–water partition coefficient (Wildman–Crippen LogP) is 7.89. The van der Waals surface area contributed by atoms with Gasteiger partial charge >= 0.3 is 0 Å². The first-order valence-corrected chi connectivity index (χ1v) is 18.3. The standard InChI is InChI=1S/C31H39BrClIN2O4S2/c1-6-31(2,3)36(4)17-16-35-28(37)9-7-8-21-10-12-22(13-11-21)18-24-19-23(14-15-27(24)42-33)29-25(40-34)20-26(39-32)30(38-29)41-5/h1,10-15,19,25-26,29-30H,7-9,16-18,20H2,2-5H3,(H,35,37)/t25-,26+,29+,30-/m1/s1. The van der Waals surface area contributed by atoms with Crippen LogP contribution in [0.25, 0.3) is 0 Å². The van der Waals surface area contributed by atoms with E-state index in [2.05, 4.69) is 74.9 Å². The van der Waals surface area contributed by atoms with Crippen molar-refractivity contribution in [3.8, 4) is 12.3 Å². The third-order valence-electron chi connectivity index (χ3n) is 7.71. The minimum absolute atomic E-state index is 0.0702. The first-order valence-electron chi connectivity index (χ1n) is 13.8. The van der Waals surface area contributed by atoms with Gasteiger partial charge in [-0.25, -0.2) is 0 Å². The summed E-state index contributed by atoms with van der Waals surface area (Å²) in [6.07, 6.45) is 10.8. The number of ether oxygens (including phenoxy) is 1. The molecule has 0 bridgehead atoms. The molecule has 3 rings (SSSR count). The molecule has 1 fully saturated rings. The van der Waals surface area contributed by atoms with Gasteiger partial charge in [-0.05, 0) is 96.4 Å². The summed E-state index contributed by atoms with van der Waals surface area (Å²) in [5.41, 5.74) is 4.19. The molecule has 1 N–H and O–H groups in total. The predicted molar refractivity (Wildman–Crippen MR) is 187 cm³/mol. The van der Waals surface area contributed by atoms with Crippen molar-refractivity contribution < 1.29 is 16.4 Å². The maximum atomic E-state index is 12.3. The molecule has 1 amide bonds. The van der Waals surface area contributed by atoms with Crippen LogP contribution in [0.2, 0.25) is 0 Å². The number of carbonyl (C=O) groups excluding carboxylic acids is 1. The van der Waals surface area contributed by atoms with Gasteiger partial charge in [0.2, 0.25) is 5.91 Å². The Bertz CT molecular complexity index is 1200. The molecule has 0 spiro atoms. The molecular formula is C31H39BrClIN2O4S2. The Balaban J connectivity index is 1.55. The molecule has 11 heteroatoms. The van der Waals surface area contributed by atoms with Gasteiger partial charge in [-0.15, -0.1) is 18.2 Å². The third-order valence-corrected chi connectivity index (χ3v) is 10.8. The lowest BCUT2D eigenvalue weighted by atomic mass is 9.94. The Labute approximate surface area is 286 Å². The molecule has 2 aromatic rings. The number of rotatable bonds is 15. The van der Waals surface area contributed by atoms with Crippen LogP contribution in [0.15, 0.2) is 47.4 Å². The number of carbonyl (C=O) groups is 1. The van der Waals surface area contributed by atoms with Crippen LogP contribution in [-0.4, -0.2) is 60.4 Å². The highest BCUT2D eigenvalue weighted by atomic mass is 127. The van der Waals surface area contributed by atoms with E-state index < -0.39 is 0 Å². The summed E-state index contributed by atoms with van der Waals surface area (Å²) in [5, 5.41) is 3.00. The van der Waals surface area contributed by atoms with Gasteiger partial charge < -0.3 is 16.9 Å². The number of halogens is 3. The highest BCUT2D eigenvalue weighted by molar-refractivity contribution is 14.1. The van der Waals surface area contributed by atoms with Gasteiger partial charge in [0.1, 0.15) is 46.8 Å². The third kappa shape index (κ3) is 10.3. The minimum Gasteiger partial charge on any atom is -0.355 e. The monoisotopic (exact) mass is 808 g/mol. The van der Waals surface area contributed by atoms with Crippen molar-refractivity contribution in [1.29, 1.82) is 0 Å². The first-order chi connectivity index (χ1) is 20.1. The zero-order valence-electron chi connectivity index (χ0n) is 24.4. The quantitative estimate of drug-likeness (QED) is 0.145. The molecule has 1 saturated heterocycles. The summed E-state index contributed by atoms with van der Waals surface area (Å²) < 4.78 is 17.7. The first kappa shape index (κ1) is 36.0. The fourth-order valence-electron chi connectivity index (χ4n) is 4.77. The Morgan fingerprint density at radius 1 is 1.26 bits per heavy atom. The van der Waals surface area contributed by atoms with Gasteiger partial charge in [0.15, 0.2) is 0 Å². The summed E-state index contributed by atoms with van der Waals surface area (Å²) in [6.45, 7) is 5.28.